The summed E-state index contributed by atoms with van der Waals surface area (Å²) in [5.41, 5.74) is 2.46. The molecule has 0 saturated heterocycles. The molecule has 3 rings (SSSR count). The van der Waals surface area contributed by atoms with E-state index in [1.165, 1.54) is 18.6 Å². The third-order valence-electron chi connectivity index (χ3n) is 4.12. The minimum absolute atomic E-state index is 0.203. The number of carbonyl (C=O) groups excluding carboxylic acids is 1. The first-order valence-electron chi connectivity index (χ1n) is 7.30. The molecule has 0 aromatic heterocycles. The fourth-order valence-electron chi connectivity index (χ4n) is 2.99. The first kappa shape index (κ1) is 16.6. The Morgan fingerprint density at radius 3 is 2.70 bits per heavy atom. The van der Waals surface area contributed by atoms with Gasteiger partial charge in [-0.3, -0.25) is 4.79 Å². The quantitative estimate of drug-likeness (QED) is 0.361. The largest absolute Gasteiger partial charge is 0.482 e. The molecule has 1 amide bonds. The molecule has 2 aliphatic rings. The number of hydrogen-bond donors (Lipinski definition) is 1. The average Bonchev–Trinajstić information content (AvgIpc) is 3.12. The number of carbonyl (C=O) groups is 1. The van der Waals surface area contributed by atoms with Crippen LogP contribution >= 0.6 is 34.8 Å². The van der Waals surface area contributed by atoms with E-state index in [1.54, 1.807) is 0 Å². The summed E-state index contributed by atoms with van der Waals surface area (Å²) in [4.78, 5) is 11.7. The van der Waals surface area contributed by atoms with Crippen LogP contribution in [-0.2, 0) is 4.79 Å². The number of amides is 1. The number of halogens is 3. The van der Waals surface area contributed by atoms with Crippen LogP contribution in [0.3, 0.4) is 0 Å². The highest BCUT2D eigenvalue weighted by molar-refractivity contribution is 6.43. The van der Waals surface area contributed by atoms with E-state index in [0.717, 1.165) is 6.42 Å². The molecule has 1 aromatic carbocycles. The van der Waals surface area contributed by atoms with Crippen molar-refractivity contribution in [3.05, 3.63) is 39.4 Å². The first-order chi connectivity index (χ1) is 11.0. The zero-order chi connectivity index (χ0) is 16.4. The normalized spacial score (nSPS) is 25.3. The van der Waals surface area contributed by atoms with Gasteiger partial charge in [-0.2, -0.15) is 5.10 Å². The summed E-state index contributed by atoms with van der Waals surface area (Å²) >= 11 is 17.7. The minimum Gasteiger partial charge on any atom is -0.482 e. The zero-order valence-corrected chi connectivity index (χ0v) is 14.4. The predicted molar refractivity (Wildman–Crippen MR) is 92.4 cm³/mol. The summed E-state index contributed by atoms with van der Waals surface area (Å²) in [5.74, 6) is 1.59. The Morgan fingerprint density at radius 1 is 1.22 bits per heavy atom. The molecule has 2 aliphatic carbocycles. The number of hydrogen-bond acceptors (Lipinski definition) is 3. The maximum absolute atomic E-state index is 11.7. The second kappa shape index (κ2) is 7.12. The second-order valence-electron chi connectivity index (χ2n) is 5.74. The smallest absolute Gasteiger partial charge is 0.277 e. The van der Waals surface area contributed by atoms with Gasteiger partial charge in [0.05, 0.1) is 15.1 Å². The van der Waals surface area contributed by atoms with Gasteiger partial charge in [0.1, 0.15) is 5.75 Å². The van der Waals surface area contributed by atoms with E-state index in [9.17, 15) is 4.79 Å². The molecule has 1 saturated carbocycles. The number of nitrogens with zero attached hydrogens (tertiary/aromatic N) is 1. The van der Waals surface area contributed by atoms with E-state index in [1.807, 2.05) is 6.21 Å². The van der Waals surface area contributed by atoms with Crippen molar-refractivity contribution in [3.63, 3.8) is 0 Å². The van der Waals surface area contributed by atoms with Gasteiger partial charge in [-0.1, -0.05) is 47.0 Å². The van der Waals surface area contributed by atoms with Gasteiger partial charge in [-0.05, 0) is 30.7 Å². The van der Waals surface area contributed by atoms with Crippen molar-refractivity contribution >= 4 is 46.9 Å². The fourth-order valence-corrected chi connectivity index (χ4v) is 3.58. The minimum atomic E-state index is -0.359. The summed E-state index contributed by atoms with van der Waals surface area (Å²) in [6.07, 6.45) is 8.63. The summed E-state index contributed by atoms with van der Waals surface area (Å²) in [7, 11) is 0. The predicted octanol–water partition coefficient (Wildman–Crippen LogP) is 4.34. The van der Waals surface area contributed by atoms with Gasteiger partial charge in [0.15, 0.2) is 6.61 Å². The van der Waals surface area contributed by atoms with Crippen molar-refractivity contribution in [2.45, 2.75) is 12.8 Å². The summed E-state index contributed by atoms with van der Waals surface area (Å²) in [6, 6.07) is 2.95. The van der Waals surface area contributed by atoms with Crippen LogP contribution in [0.1, 0.15) is 12.8 Å². The highest BCUT2D eigenvalue weighted by Gasteiger charge is 2.34. The highest BCUT2D eigenvalue weighted by Crippen LogP contribution is 2.42. The Bertz CT molecular complexity index is 676. The third kappa shape index (κ3) is 4.00. The molecule has 1 N–H and O–H groups in total. The number of hydrazone groups is 1. The third-order valence-corrected chi connectivity index (χ3v) is 5.14. The van der Waals surface area contributed by atoms with Crippen molar-refractivity contribution in [2.24, 2.45) is 22.9 Å². The summed E-state index contributed by atoms with van der Waals surface area (Å²) in [6.45, 7) is -0.203. The molecular weight excluding hydrogens is 359 g/mol. The molecule has 1 aromatic rings. The van der Waals surface area contributed by atoms with Crippen LogP contribution in [0, 0.1) is 17.8 Å². The summed E-state index contributed by atoms with van der Waals surface area (Å²) in [5, 5.41) is 4.96. The Morgan fingerprint density at radius 2 is 2.00 bits per heavy atom. The molecular formula is C16H15Cl3N2O2. The Hall–Kier alpha value is -1.23. The fraction of sp³-hybridized carbons (Fsp3) is 0.375. The van der Waals surface area contributed by atoms with Gasteiger partial charge in [-0.25, -0.2) is 5.43 Å². The maximum atomic E-state index is 11.7. The lowest BCUT2D eigenvalue weighted by molar-refractivity contribution is -0.123. The van der Waals surface area contributed by atoms with E-state index < -0.39 is 0 Å². The monoisotopic (exact) mass is 372 g/mol. The molecule has 7 heteroatoms. The number of nitrogens with one attached hydrogen (secondary N) is 1. The van der Waals surface area contributed by atoms with Gasteiger partial charge in [0, 0.05) is 18.2 Å². The maximum Gasteiger partial charge on any atom is 0.277 e. The standard InChI is InChI=1S/C16H15Cl3N2O2/c17-12-5-14(19)15(6-13(12)18)23-8-16(22)21-20-7-11-4-9-1-2-10(11)3-9/h1-2,5-7,9-11H,3-4,8H2,(H,21,22)/b20-7+. The molecule has 0 radical (unpaired) electrons. The molecule has 2 bridgehead atoms. The van der Waals surface area contributed by atoms with Crippen LogP contribution < -0.4 is 10.2 Å². The van der Waals surface area contributed by atoms with Gasteiger partial charge >= 0.3 is 0 Å². The van der Waals surface area contributed by atoms with Crippen LogP contribution in [0.25, 0.3) is 0 Å². The molecule has 3 atom stereocenters. The second-order valence-corrected chi connectivity index (χ2v) is 6.96. The number of fused-ring (bicyclic) bond motifs is 2. The lowest BCUT2D eigenvalue weighted by Gasteiger charge is -2.12. The number of benzene rings is 1. The average molecular weight is 374 g/mol. The SMILES string of the molecule is O=C(COc1cc(Cl)c(Cl)cc1Cl)N/N=C/C1CC2C=CC1C2. The van der Waals surface area contributed by atoms with Crippen molar-refractivity contribution in [1.29, 1.82) is 0 Å². The molecule has 0 aliphatic heterocycles. The first-order valence-corrected chi connectivity index (χ1v) is 8.44. The van der Waals surface area contributed by atoms with Gasteiger partial charge in [-0.15, -0.1) is 0 Å². The molecule has 0 spiro atoms. The van der Waals surface area contributed by atoms with Crippen LogP contribution in [0.2, 0.25) is 15.1 Å². The van der Waals surface area contributed by atoms with Gasteiger partial charge in [0.2, 0.25) is 0 Å². The molecule has 1 fully saturated rings. The van der Waals surface area contributed by atoms with E-state index in [2.05, 4.69) is 22.7 Å². The molecule has 0 heterocycles. The van der Waals surface area contributed by atoms with E-state index >= 15 is 0 Å². The van der Waals surface area contributed by atoms with Crippen LogP contribution in [0.5, 0.6) is 5.75 Å². The molecule has 3 unspecified atom stereocenters. The Labute approximate surface area is 149 Å². The van der Waals surface area contributed by atoms with Gasteiger partial charge < -0.3 is 4.74 Å². The Kier molecular flexibility index (Phi) is 5.14. The van der Waals surface area contributed by atoms with E-state index in [0.29, 0.717) is 38.6 Å². The number of allylic oxidation sites excluding steroid dienone is 2. The van der Waals surface area contributed by atoms with Crippen molar-refractivity contribution in [2.75, 3.05) is 6.61 Å². The van der Waals surface area contributed by atoms with Crippen molar-refractivity contribution in [1.82, 2.24) is 5.43 Å². The topological polar surface area (TPSA) is 50.7 Å². The van der Waals surface area contributed by atoms with Crippen LogP contribution in [0.4, 0.5) is 0 Å². The number of rotatable bonds is 5. The molecule has 23 heavy (non-hydrogen) atoms. The molecule has 4 nitrogen and oxygen atoms in total. The van der Waals surface area contributed by atoms with Crippen molar-refractivity contribution < 1.29 is 9.53 Å². The van der Waals surface area contributed by atoms with Crippen LogP contribution in [0.15, 0.2) is 29.4 Å². The number of ether oxygens (including phenoxy) is 1. The summed E-state index contributed by atoms with van der Waals surface area (Å²) < 4.78 is 5.33. The van der Waals surface area contributed by atoms with Crippen molar-refractivity contribution in [3.8, 4) is 5.75 Å². The lowest BCUT2D eigenvalue weighted by Crippen LogP contribution is -2.25. The Balaban J connectivity index is 1.47. The van der Waals surface area contributed by atoms with E-state index in [-0.39, 0.29) is 12.5 Å². The van der Waals surface area contributed by atoms with Crippen LogP contribution in [-0.4, -0.2) is 18.7 Å². The van der Waals surface area contributed by atoms with E-state index in [4.69, 9.17) is 39.5 Å². The zero-order valence-electron chi connectivity index (χ0n) is 12.1. The lowest BCUT2D eigenvalue weighted by atomic mass is 9.95. The molecule has 122 valence electrons. The highest BCUT2D eigenvalue weighted by atomic mass is 35.5. The van der Waals surface area contributed by atoms with Gasteiger partial charge in [0.25, 0.3) is 5.91 Å².